The summed E-state index contributed by atoms with van der Waals surface area (Å²) in [4.78, 5) is 10.5. The fraction of sp³-hybridized carbons (Fsp3) is 0.889. The number of nitrogens with one attached hydrogen (secondary N) is 1. The summed E-state index contributed by atoms with van der Waals surface area (Å²) in [5.74, 6) is 0.673. The van der Waals surface area contributed by atoms with Crippen LogP contribution < -0.4 is 5.32 Å². The molecule has 0 aromatic rings. The molecule has 0 saturated heterocycles. The predicted octanol–water partition coefficient (Wildman–Crippen LogP) is 3.16. The minimum absolute atomic E-state index is 0.126. The zero-order chi connectivity index (χ0) is 9.78. The third-order valence-electron chi connectivity index (χ3n) is 1.67. The van der Waals surface area contributed by atoms with Gasteiger partial charge in [-0.2, -0.15) is 0 Å². The summed E-state index contributed by atoms with van der Waals surface area (Å²) in [6.07, 6.45) is 1.13. The van der Waals surface area contributed by atoms with Crippen molar-refractivity contribution in [1.29, 1.82) is 0 Å². The molecule has 0 saturated carbocycles. The molecule has 0 heterocycles. The van der Waals surface area contributed by atoms with Crippen LogP contribution in [0.5, 0.6) is 0 Å². The first kappa shape index (κ1) is 11.9. The maximum Gasteiger partial charge on any atom is 0.287 e. The van der Waals surface area contributed by atoms with Crippen molar-refractivity contribution >= 4 is 20.7 Å². The number of rotatable bonds is 4. The quantitative estimate of drug-likeness (QED) is 0.589. The first-order valence-corrected chi connectivity index (χ1v) is 5.06. The standard InChI is InChI=1S/C9H18BrNO/c1-7(2)5-9(3,4)6-11-8(10)12/h7H,5-6H2,1-4H3,(H,11,12). The minimum atomic E-state index is -0.126. The van der Waals surface area contributed by atoms with E-state index >= 15 is 0 Å². The van der Waals surface area contributed by atoms with Gasteiger partial charge in [0.05, 0.1) is 0 Å². The van der Waals surface area contributed by atoms with E-state index in [0.717, 1.165) is 13.0 Å². The molecule has 0 atom stereocenters. The lowest BCUT2D eigenvalue weighted by Crippen LogP contribution is -2.31. The minimum Gasteiger partial charge on any atom is -0.346 e. The van der Waals surface area contributed by atoms with Gasteiger partial charge >= 0.3 is 0 Å². The fourth-order valence-electron chi connectivity index (χ4n) is 1.49. The molecule has 3 heteroatoms. The molecule has 0 rings (SSSR count). The van der Waals surface area contributed by atoms with Crippen molar-refractivity contribution in [2.24, 2.45) is 11.3 Å². The van der Waals surface area contributed by atoms with Crippen LogP contribution in [0.3, 0.4) is 0 Å². The van der Waals surface area contributed by atoms with Crippen molar-refractivity contribution in [3.05, 3.63) is 0 Å². The Labute approximate surface area is 83.2 Å². The molecule has 0 radical (unpaired) electrons. The second-order valence-electron chi connectivity index (χ2n) is 4.39. The van der Waals surface area contributed by atoms with E-state index in [1.54, 1.807) is 0 Å². The molecule has 1 amide bonds. The molecule has 0 aromatic carbocycles. The van der Waals surface area contributed by atoms with Crippen molar-refractivity contribution < 1.29 is 4.79 Å². The Bertz CT molecular complexity index is 155. The Balaban J connectivity index is 3.78. The van der Waals surface area contributed by atoms with E-state index in [2.05, 4.69) is 48.9 Å². The highest BCUT2D eigenvalue weighted by atomic mass is 79.9. The summed E-state index contributed by atoms with van der Waals surface area (Å²) in [6, 6.07) is 0. The number of carbonyl (C=O) groups excluding carboxylic acids is 1. The van der Waals surface area contributed by atoms with Crippen molar-refractivity contribution in [2.75, 3.05) is 6.54 Å². The molecule has 12 heavy (non-hydrogen) atoms. The Hall–Kier alpha value is -0.0500. The molecule has 0 bridgehead atoms. The average Bonchev–Trinajstić information content (AvgIpc) is 1.81. The zero-order valence-electron chi connectivity index (χ0n) is 8.28. The zero-order valence-corrected chi connectivity index (χ0v) is 9.86. The maximum absolute atomic E-state index is 10.6. The van der Waals surface area contributed by atoms with Crippen LogP contribution in [-0.4, -0.2) is 11.4 Å². The predicted molar refractivity (Wildman–Crippen MR) is 55.6 cm³/mol. The van der Waals surface area contributed by atoms with Crippen LogP contribution in [0.1, 0.15) is 34.1 Å². The lowest BCUT2D eigenvalue weighted by Gasteiger charge is -2.26. The maximum atomic E-state index is 10.6. The normalized spacial score (nSPS) is 11.8. The lowest BCUT2D eigenvalue weighted by molar-refractivity contribution is 0.245. The molecule has 2 nitrogen and oxygen atoms in total. The van der Waals surface area contributed by atoms with E-state index in [0.29, 0.717) is 5.92 Å². The Morgan fingerprint density at radius 1 is 1.50 bits per heavy atom. The number of amides is 1. The van der Waals surface area contributed by atoms with Crippen LogP contribution >= 0.6 is 15.9 Å². The summed E-state index contributed by atoms with van der Waals surface area (Å²) in [7, 11) is 0. The van der Waals surface area contributed by atoms with Gasteiger partial charge in [0.25, 0.3) is 4.82 Å². The second-order valence-corrected chi connectivity index (χ2v) is 5.11. The first-order chi connectivity index (χ1) is 5.33. The van der Waals surface area contributed by atoms with Crippen LogP contribution in [0.2, 0.25) is 0 Å². The van der Waals surface area contributed by atoms with Crippen LogP contribution in [0.15, 0.2) is 0 Å². The van der Waals surface area contributed by atoms with E-state index in [1.807, 2.05) is 0 Å². The van der Waals surface area contributed by atoms with Gasteiger partial charge in [-0.15, -0.1) is 0 Å². The molecule has 0 aliphatic heterocycles. The van der Waals surface area contributed by atoms with E-state index in [-0.39, 0.29) is 10.2 Å². The molecule has 0 aliphatic rings. The van der Waals surface area contributed by atoms with E-state index in [9.17, 15) is 4.79 Å². The Morgan fingerprint density at radius 2 is 2.00 bits per heavy atom. The Kier molecular flexibility index (Phi) is 4.83. The van der Waals surface area contributed by atoms with E-state index in [1.165, 1.54) is 0 Å². The number of hydrogen-bond donors (Lipinski definition) is 1. The van der Waals surface area contributed by atoms with Gasteiger partial charge in [0, 0.05) is 22.5 Å². The van der Waals surface area contributed by atoms with Crippen LogP contribution in [0, 0.1) is 11.3 Å². The lowest BCUT2D eigenvalue weighted by atomic mass is 9.84. The average molecular weight is 236 g/mol. The SMILES string of the molecule is CC(C)CC(C)(C)CNC(=O)Br. The smallest absolute Gasteiger partial charge is 0.287 e. The van der Waals surface area contributed by atoms with Crippen LogP contribution in [0.25, 0.3) is 0 Å². The van der Waals surface area contributed by atoms with Crippen molar-refractivity contribution in [1.82, 2.24) is 5.32 Å². The van der Waals surface area contributed by atoms with Gasteiger partial charge in [-0.05, 0) is 17.8 Å². The van der Waals surface area contributed by atoms with Crippen molar-refractivity contribution in [2.45, 2.75) is 34.1 Å². The van der Waals surface area contributed by atoms with Gasteiger partial charge in [-0.3, -0.25) is 4.79 Å². The molecular weight excluding hydrogens is 218 g/mol. The van der Waals surface area contributed by atoms with Gasteiger partial charge in [-0.1, -0.05) is 27.7 Å². The largest absolute Gasteiger partial charge is 0.346 e. The molecule has 0 spiro atoms. The third kappa shape index (κ3) is 6.65. The van der Waals surface area contributed by atoms with Gasteiger partial charge in [0.2, 0.25) is 0 Å². The number of hydrogen-bond acceptors (Lipinski definition) is 1. The molecule has 1 N–H and O–H groups in total. The van der Waals surface area contributed by atoms with E-state index in [4.69, 9.17) is 0 Å². The van der Waals surface area contributed by atoms with E-state index < -0.39 is 0 Å². The highest BCUT2D eigenvalue weighted by Gasteiger charge is 2.19. The van der Waals surface area contributed by atoms with Crippen molar-refractivity contribution in [3.63, 3.8) is 0 Å². The Morgan fingerprint density at radius 3 is 2.33 bits per heavy atom. The topological polar surface area (TPSA) is 29.1 Å². The summed E-state index contributed by atoms with van der Waals surface area (Å²) >= 11 is 2.84. The molecule has 0 aromatic heterocycles. The van der Waals surface area contributed by atoms with Gasteiger partial charge in [0.1, 0.15) is 0 Å². The number of halogens is 1. The molecule has 0 aliphatic carbocycles. The molecule has 72 valence electrons. The molecule has 0 fully saturated rings. The number of carbonyl (C=O) groups is 1. The fourth-order valence-corrected chi connectivity index (χ4v) is 1.63. The molecule has 0 unspecified atom stereocenters. The van der Waals surface area contributed by atoms with Gasteiger partial charge < -0.3 is 5.32 Å². The van der Waals surface area contributed by atoms with Crippen LogP contribution in [0.4, 0.5) is 4.79 Å². The third-order valence-corrected chi connectivity index (χ3v) is 1.95. The first-order valence-electron chi connectivity index (χ1n) is 4.27. The highest BCUT2D eigenvalue weighted by molar-refractivity contribution is 9.18. The summed E-state index contributed by atoms with van der Waals surface area (Å²) in [5, 5.41) is 2.77. The van der Waals surface area contributed by atoms with Gasteiger partial charge in [0.15, 0.2) is 0 Å². The van der Waals surface area contributed by atoms with Crippen LogP contribution in [-0.2, 0) is 0 Å². The molecular formula is C9H18BrNO. The van der Waals surface area contributed by atoms with Crippen molar-refractivity contribution in [3.8, 4) is 0 Å². The summed E-state index contributed by atoms with van der Waals surface area (Å²) in [6.45, 7) is 9.44. The highest BCUT2D eigenvalue weighted by Crippen LogP contribution is 2.24. The summed E-state index contributed by atoms with van der Waals surface area (Å²) < 4.78 is 0. The monoisotopic (exact) mass is 235 g/mol. The second kappa shape index (κ2) is 4.85. The summed E-state index contributed by atoms with van der Waals surface area (Å²) in [5.41, 5.74) is 0.192. The van der Waals surface area contributed by atoms with Gasteiger partial charge in [-0.25, -0.2) is 0 Å².